The smallest absolute Gasteiger partial charge is 0.118 e. The molecule has 0 amide bonds. The van der Waals surface area contributed by atoms with Gasteiger partial charge in [0.05, 0.1) is 29.2 Å². The minimum atomic E-state index is 0.862. The molecule has 0 aliphatic carbocycles. The predicted molar refractivity (Wildman–Crippen MR) is 380 cm³/mol. The minimum absolute atomic E-state index is 0.862. The molecule has 16 aromatic carbocycles. The van der Waals surface area contributed by atoms with Gasteiger partial charge in [-0.05, 0) is 194 Å². The van der Waals surface area contributed by atoms with Crippen LogP contribution in [0.5, 0.6) is 5.75 Å². The molecule has 0 aliphatic heterocycles. The van der Waals surface area contributed by atoms with Crippen molar-refractivity contribution in [1.29, 1.82) is 0 Å². The number of hydrogen-bond donors (Lipinski definition) is 0. The van der Waals surface area contributed by atoms with Crippen LogP contribution in [0.2, 0.25) is 0 Å². The summed E-state index contributed by atoms with van der Waals surface area (Å²) in [6.07, 6.45) is 0. The summed E-state index contributed by atoms with van der Waals surface area (Å²) in [5, 5.41) is 20.2. The highest BCUT2D eigenvalue weighted by Crippen LogP contribution is 2.47. The minimum Gasteiger partial charge on any atom is -0.497 e. The summed E-state index contributed by atoms with van der Waals surface area (Å²) < 4.78 is 10.2. The average Bonchev–Trinajstić information content (AvgIpc) is 2.68. The van der Waals surface area contributed by atoms with Crippen LogP contribution in [0.1, 0.15) is 5.56 Å². The Bertz CT molecular complexity index is 5630. The summed E-state index contributed by atoms with van der Waals surface area (Å²) in [5.74, 6) is 0.862. The second kappa shape index (κ2) is 21.2. The molecule has 18 rings (SSSR count). The summed E-state index contributed by atoms with van der Waals surface area (Å²) >= 11 is 0. The van der Waals surface area contributed by atoms with Gasteiger partial charge in [0.1, 0.15) is 5.75 Å². The number of fused-ring (bicyclic) bond motifs is 12. The third-order valence-corrected chi connectivity index (χ3v) is 18.5. The van der Waals surface area contributed by atoms with Crippen LogP contribution in [0.3, 0.4) is 0 Å². The monoisotopic (exact) mass is 1130 g/mol. The van der Waals surface area contributed by atoms with E-state index < -0.39 is 0 Å². The number of para-hydroxylation sites is 4. The van der Waals surface area contributed by atoms with Gasteiger partial charge in [-0.1, -0.05) is 243 Å². The number of ether oxygens (including phenoxy) is 1. The van der Waals surface area contributed by atoms with Gasteiger partial charge in [0.15, 0.2) is 0 Å². The Kier molecular flexibility index (Phi) is 12.3. The Morgan fingerprint density at radius 2 is 0.539 bits per heavy atom. The second-order valence-corrected chi connectivity index (χ2v) is 23.5. The maximum absolute atomic E-state index is 5.46. The van der Waals surface area contributed by atoms with Crippen molar-refractivity contribution in [2.24, 2.45) is 0 Å². The van der Waals surface area contributed by atoms with Gasteiger partial charge in [-0.3, -0.25) is 0 Å². The van der Waals surface area contributed by atoms with Gasteiger partial charge >= 0.3 is 0 Å². The van der Waals surface area contributed by atoms with Crippen LogP contribution in [0.25, 0.3) is 164 Å². The number of hydrogen-bond acceptors (Lipinski definition) is 1. The van der Waals surface area contributed by atoms with Crippen LogP contribution >= 0.6 is 0 Å². The number of methoxy groups -OCH3 is 1. The lowest BCUT2D eigenvalue weighted by Gasteiger charge is -2.19. The highest BCUT2D eigenvalue weighted by molar-refractivity contribution is 6.23. The topological polar surface area (TPSA) is 19.1 Å². The van der Waals surface area contributed by atoms with Crippen LogP contribution in [-0.4, -0.2) is 16.2 Å². The fourth-order valence-corrected chi connectivity index (χ4v) is 14.6. The molecule has 0 fully saturated rings. The maximum Gasteiger partial charge on any atom is 0.118 e. The van der Waals surface area contributed by atoms with Crippen molar-refractivity contribution < 1.29 is 4.74 Å². The second-order valence-electron chi connectivity index (χ2n) is 23.5. The molecule has 2 aromatic heterocycles. The zero-order valence-corrected chi connectivity index (χ0v) is 49.3. The van der Waals surface area contributed by atoms with Gasteiger partial charge in [-0.2, -0.15) is 0 Å². The van der Waals surface area contributed by atoms with Crippen molar-refractivity contribution in [1.82, 2.24) is 9.13 Å². The van der Waals surface area contributed by atoms with Gasteiger partial charge in [0.2, 0.25) is 0 Å². The summed E-state index contributed by atoms with van der Waals surface area (Å²) in [6.45, 7) is 2.25. The van der Waals surface area contributed by atoms with E-state index in [1.807, 2.05) is 12.1 Å². The van der Waals surface area contributed by atoms with E-state index in [9.17, 15) is 0 Å². The Balaban J connectivity index is 0.000000138. The van der Waals surface area contributed by atoms with Gasteiger partial charge in [0, 0.05) is 32.9 Å². The lowest BCUT2D eigenvalue weighted by atomic mass is 9.85. The largest absolute Gasteiger partial charge is 0.497 e. The van der Waals surface area contributed by atoms with Crippen molar-refractivity contribution in [3.05, 3.63) is 321 Å². The molecule has 89 heavy (non-hydrogen) atoms. The Morgan fingerprint density at radius 1 is 0.225 bits per heavy atom. The molecule has 3 heteroatoms. The molecule has 0 unspecified atom stereocenters. The van der Waals surface area contributed by atoms with E-state index in [4.69, 9.17) is 4.74 Å². The van der Waals surface area contributed by atoms with Crippen molar-refractivity contribution in [2.75, 3.05) is 7.11 Å². The summed E-state index contributed by atoms with van der Waals surface area (Å²) in [6, 6.07) is 115. The van der Waals surface area contributed by atoms with Crippen molar-refractivity contribution in [3.8, 4) is 61.6 Å². The van der Waals surface area contributed by atoms with E-state index >= 15 is 0 Å². The van der Waals surface area contributed by atoms with E-state index in [-0.39, 0.29) is 0 Å². The molecule has 18 aromatic rings. The number of aryl methyl sites for hydroxylation is 1. The fraction of sp³-hybridized carbons (Fsp3) is 0.0233. The van der Waals surface area contributed by atoms with Gasteiger partial charge < -0.3 is 13.9 Å². The molecule has 418 valence electrons. The third-order valence-electron chi connectivity index (χ3n) is 18.5. The first-order valence-corrected chi connectivity index (χ1v) is 30.7. The van der Waals surface area contributed by atoms with Crippen LogP contribution in [-0.2, 0) is 0 Å². The van der Waals surface area contributed by atoms with Crippen LogP contribution in [0.15, 0.2) is 315 Å². The Labute approximate surface area is 515 Å². The molecule has 0 atom stereocenters. The molecule has 0 N–H and O–H groups in total. The first kappa shape index (κ1) is 51.9. The third kappa shape index (κ3) is 8.49. The highest BCUT2D eigenvalue weighted by Gasteiger charge is 2.21. The van der Waals surface area contributed by atoms with Crippen molar-refractivity contribution in [3.63, 3.8) is 0 Å². The number of rotatable bonds is 7. The summed E-state index contributed by atoms with van der Waals surface area (Å²) in [4.78, 5) is 0. The molecule has 0 saturated heterocycles. The lowest BCUT2D eigenvalue weighted by molar-refractivity contribution is 0.415. The molecule has 0 radical (unpaired) electrons. The molecule has 0 saturated carbocycles. The van der Waals surface area contributed by atoms with E-state index in [1.54, 1.807) is 7.11 Å². The van der Waals surface area contributed by atoms with Gasteiger partial charge in [0.25, 0.3) is 0 Å². The Hall–Kier alpha value is -11.5. The van der Waals surface area contributed by atoms with Crippen LogP contribution in [0, 0.1) is 6.92 Å². The molecular weight excluding hydrogens is 1080 g/mol. The summed E-state index contributed by atoms with van der Waals surface area (Å²) in [7, 11) is 1.71. The fourth-order valence-electron chi connectivity index (χ4n) is 14.6. The van der Waals surface area contributed by atoms with Crippen molar-refractivity contribution in [2.45, 2.75) is 6.92 Å². The molecule has 3 nitrogen and oxygen atoms in total. The maximum atomic E-state index is 5.46. The number of nitrogens with zero attached hydrogens (tertiary/aromatic N) is 2. The zero-order chi connectivity index (χ0) is 59.1. The van der Waals surface area contributed by atoms with E-state index in [1.165, 1.54) is 170 Å². The number of benzene rings is 16. The number of aromatic nitrogens is 2. The average molecular weight is 1140 g/mol. The van der Waals surface area contributed by atoms with E-state index in [0.717, 1.165) is 5.75 Å². The van der Waals surface area contributed by atoms with Gasteiger partial charge in [-0.25, -0.2) is 0 Å². The molecule has 0 aliphatic rings. The van der Waals surface area contributed by atoms with Crippen molar-refractivity contribution >= 4 is 108 Å². The zero-order valence-electron chi connectivity index (χ0n) is 49.3. The summed E-state index contributed by atoms with van der Waals surface area (Å²) in [5.41, 5.74) is 18.6. The normalized spacial score (nSPS) is 11.7. The molecule has 0 bridgehead atoms. The van der Waals surface area contributed by atoms with E-state index in [2.05, 4.69) is 319 Å². The predicted octanol–water partition coefficient (Wildman–Crippen LogP) is 23.5. The van der Waals surface area contributed by atoms with Crippen LogP contribution < -0.4 is 4.74 Å². The lowest BCUT2D eigenvalue weighted by Crippen LogP contribution is -1.95. The first-order chi connectivity index (χ1) is 44.0. The van der Waals surface area contributed by atoms with E-state index in [0.29, 0.717) is 0 Å². The highest BCUT2D eigenvalue weighted by atomic mass is 16.5. The quantitative estimate of drug-likeness (QED) is 0.146. The molecule has 0 spiro atoms. The van der Waals surface area contributed by atoms with Crippen LogP contribution in [0.4, 0.5) is 0 Å². The SMILES string of the molecule is COc1ccc(-c2c3ccccc3c(-c3ccc4cc(-n5c6ccccc6c6ccccc65)ccc4c3)c3ccccc23)cc1.Cc1cc(-c2c3ccccc3c(-c3ccccc3)c3ccccc23)cc2ccc(-n3c4ccccc4c4ccccc43)cc12. The Morgan fingerprint density at radius 3 is 0.978 bits per heavy atom. The van der Waals surface area contributed by atoms with Gasteiger partial charge in [-0.15, -0.1) is 0 Å². The standard InChI is InChI=1S/C43H29NO.C43H29N/c1-45-33-24-21-28(22-25-33)42-36-12-2-4-14-38(36)43(39-15-5-3-13-37(39)42)31-19-18-30-27-32(23-20-29(30)26-31)44-40-16-8-6-10-34(40)35-11-7-9-17-41(35)44;1-28-25-31(43-37-19-7-5-17-35(37)42(29-13-3-2-4-14-29)36-18-6-8-20-38(36)43)26-30-23-24-32(27-39(28)30)44-40-21-11-9-15-33(40)34-16-10-12-22-41(34)44/h2-27H,1H3;2-27H,1H3. The first-order valence-electron chi connectivity index (χ1n) is 30.7. The molecule has 2 heterocycles. The molecular formula is C86H58N2O.